The van der Waals surface area contributed by atoms with E-state index in [1.165, 1.54) is 12.8 Å². The molecule has 1 aliphatic heterocycles. The molecule has 1 heterocycles. The molecule has 1 rings (SSSR count). The van der Waals surface area contributed by atoms with Gasteiger partial charge < -0.3 is 4.90 Å². The van der Waals surface area contributed by atoms with E-state index in [2.05, 4.69) is 0 Å². The molecule has 0 saturated carbocycles. The molecule has 0 bridgehead atoms. The second-order valence-electron chi connectivity index (χ2n) is 3.04. The SMILES string of the molecule is O=C(C(Cl)Cl)N1CCCCCC1. The van der Waals surface area contributed by atoms with Crippen LogP contribution >= 0.6 is 23.2 Å². The number of halogens is 2. The number of likely N-dealkylation sites (tertiary alicyclic amines) is 1. The lowest BCUT2D eigenvalue weighted by atomic mass is 10.2. The van der Waals surface area contributed by atoms with E-state index in [-0.39, 0.29) is 5.91 Å². The van der Waals surface area contributed by atoms with Gasteiger partial charge in [0.2, 0.25) is 0 Å². The molecule has 0 atom stereocenters. The predicted molar refractivity (Wildman–Crippen MR) is 50.5 cm³/mol. The molecule has 1 amide bonds. The second kappa shape index (κ2) is 4.93. The van der Waals surface area contributed by atoms with Crippen molar-refractivity contribution in [3.63, 3.8) is 0 Å². The van der Waals surface area contributed by atoms with Crippen molar-refractivity contribution in [1.82, 2.24) is 4.90 Å². The van der Waals surface area contributed by atoms with Gasteiger partial charge in [0.05, 0.1) is 0 Å². The number of hydrogen-bond donors (Lipinski definition) is 0. The fraction of sp³-hybridized carbons (Fsp3) is 0.875. The highest BCUT2D eigenvalue weighted by atomic mass is 35.5. The second-order valence-corrected chi connectivity index (χ2v) is 4.14. The first-order valence-corrected chi connectivity index (χ1v) is 5.16. The minimum absolute atomic E-state index is 0.139. The minimum Gasteiger partial charge on any atom is -0.340 e. The number of amides is 1. The van der Waals surface area contributed by atoms with Gasteiger partial charge in [0.1, 0.15) is 0 Å². The van der Waals surface area contributed by atoms with E-state index in [1.807, 2.05) is 0 Å². The summed E-state index contributed by atoms with van der Waals surface area (Å²) in [6.45, 7) is 1.63. The Labute approximate surface area is 82.8 Å². The van der Waals surface area contributed by atoms with Crippen LogP contribution in [0.15, 0.2) is 0 Å². The van der Waals surface area contributed by atoms with Gasteiger partial charge >= 0.3 is 0 Å². The molecule has 2 nitrogen and oxygen atoms in total. The number of nitrogens with zero attached hydrogens (tertiary/aromatic N) is 1. The molecule has 70 valence electrons. The van der Waals surface area contributed by atoms with Crippen molar-refractivity contribution in [3.8, 4) is 0 Å². The molecule has 0 aromatic rings. The number of rotatable bonds is 1. The zero-order valence-electron chi connectivity index (χ0n) is 6.93. The van der Waals surface area contributed by atoms with Gasteiger partial charge in [-0.15, -0.1) is 0 Å². The summed E-state index contributed by atoms with van der Waals surface area (Å²) >= 11 is 11.0. The van der Waals surface area contributed by atoms with Crippen LogP contribution in [0.1, 0.15) is 25.7 Å². The normalized spacial score (nSPS) is 19.4. The van der Waals surface area contributed by atoms with E-state index in [0.717, 1.165) is 25.9 Å². The Morgan fingerprint density at radius 1 is 1.08 bits per heavy atom. The summed E-state index contributed by atoms with van der Waals surface area (Å²) in [6.07, 6.45) is 4.57. The van der Waals surface area contributed by atoms with Crippen LogP contribution in [0.4, 0.5) is 0 Å². The van der Waals surface area contributed by atoms with Crippen LogP contribution in [0, 0.1) is 0 Å². The standard InChI is InChI=1S/C8H13Cl2NO/c9-7(10)8(12)11-5-3-1-2-4-6-11/h7H,1-6H2. The zero-order chi connectivity index (χ0) is 8.97. The highest BCUT2D eigenvalue weighted by Crippen LogP contribution is 2.13. The zero-order valence-corrected chi connectivity index (χ0v) is 8.44. The summed E-state index contributed by atoms with van der Waals surface area (Å²) in [7, 11) is 0. The van der Waals surface area contributed by atoms with Crippen LogP contribution < -0.4 is 0 Å². The van der Waals surface area contributed by atoms with Crippen molar-refractivity contribution >= 4 is 29.1 Å². The highest BCUT2D eigenvalue weighted by molar-refractivity contribution is 6.53. The molecule has 12 heavy (non-hydrogen) atoms. The van der Waals surface area contributed by atoms with Crippen molar-refractivity contribution in [1.29, 1.82) is 0 Å². The van der Waals surface area contributed by atoms with Crippen LogP contribution in [0.25, 0.3) is 0 Å². The monoisotopic (exact) mass is 209 g/mol. The number of alkyl halides is 2. The Balaban J connectivity index is 2.43. The van der Waals surface area contributed by atoms with Crippen molar-refractivity contribution in [2.45, 2.75) is 30.5 Å². The molecule has 0 aromatic carbocycles. The quantitative estimate of drug-likeness (QED) is 0.607. The first kappa shape index (κ1) is 10.1. The van der Waals surface area contributed by atoms with Gasteiger partial charge in [0.25, 0.3) is 5.91 Å². The number of hydrogen-bond acceptors (Lipinski definition) is 1. The lowest BCUT2D eigenvalue weighted by molar-refractivity contribution is -0.129. The molecule has 0 spiro atoms. The molecule has 0 unspecified atom stereocenters. The van der Waals surface area contributed by atoms with Gasteiger partial charge in [-0.3, -0.25) is 4.79 Å². The lowest BCUT2D eigenvalue weighted by Crippen LogP contribution is -2.35. The molecule has 0 aliphatic carbocycles. The third-order valence-electron chi connectivity index (χ3n) is 2.10. The van der Waals surface area contributed by atoms with Crippen LogP contribution in [0.3, 0.4) is 0 Å². The number of carbonyl (C=O) groups is 1. The maximum Gasteiger partial charge on any atom is 0.255 e. The van der Waals surface area contributed by atoms with E-state index in [0.29, 0.717) is 0 Å². The molecule has 1 aliphatic rings. The summed E-state index contributed by atoms with van der Waals surface area (Å²) in [5, 5.41) is 0. The van der Waals surface area contributed by atoms with Crippen molar-refractivity contribution in [2.75, 3.05) is 13.1 Å². The average Bonchev–Trinajstić information content (AvgIpc) is 2.30. The highest BCUT2D eigenvalue weighted by Gasteiger charge is 2.20. The molecule has 0 aromatic heterocycles. The Morgan fingerprint density at radius 2 is 1.58 bits per heavy atom. The first-order chi connectivity index (χ1) is 5.72. The minimum atomic E-state index is -0.886. The van der Waals surface area contributed by atoms with Gasteiger partial charge in [0, 0.05) is 13.1 Å². The lowest BCUT2D eigenvalue weighted by Gasteiger charge is -2.20. The van der Waals surface area contributed by atoms with Crippen molar-refractivity contribution in [2.24, 2.45) is 0 Å². The van der Waals surface area contributed by atoms with Crippen molar-refractivity contribution in [3.05, 3.63) is 0 Å². The van der Waals surface area contributed by atoms with Gasteiger partial charge in [-0.2, -0.15) is 0 Å². The Morgan fingerprint density at radius 3 is 2.00 bits per heavy atom. The molecule has 0 radical (unpaired) electrons. The maximum absolute atomic E-state index is 11.3. The van der Waals surface area contributed by atoms with Gasteiger partial charge in [-0.05, 0) is 12.8 Å². The molecular weight excluding hydrogens is 197 g/mol. The van der Waals surface area contributed by atoms with Crippen LogP contribution in [0.5, 0.6) is 0 Å². The third-order valence-corrected chi connectivity index (χ3v) is 2.48. The summed E-state index contributed by atoms with van der Waals surface area (Å²) in [6, 6.07) is 0. The van der Waals surface area contributed by atoms with E-state index >= 15 is 0 Å². The molecular formula is C8H13Cl2NO. The molecule has 0 N–H and O–H groups in total. The van der Waals surface area contributed by atoms with Crippen molar-refractivity contribution < 1.29 is 4.79 Å². The van der Waals surface area contributed by atoms with E-state index in [1.54, 1.807) is 4.90 Å². The van der Waals surface area contributed by atoms with E-state index < -0.39 is 4.84 Å². The van der Waals surface area contributed by atoms with Gasteiger partial charge in [-0.1, -0.05) is 36.0 Å². The maximum atomic E-state index is 11.3. The molecule has 4 heteroatoms. The average molecular weight is 210 g/mol. The smallest absolute Gasteiger partial charge is 0.255 e. The van der Waals surface area contributed by atoms with Crippen LogP contribution in [0.2, 0.25) is 0 Å². The predicted octanol–water partition coefficient (Wildman–Crippen LogP) is 2.19. The summed E-state index contributed by atoms with van der Waals surface area (Å²) in [5.74, 6) is -0.139. The largest absolute Gasteiger partial charge is 0.340 e. The Hall–Kier alpha value is 0.0500. The van der Waals surface area contributed by atoms with Crippen LogP contribution in [-0.2, 0) is 4.79 Å². The van der Waals surface area contributed by atoms with E-state index in [4.69, 9.17) is 23.2 Å². The summed E-state index contributed by atoms with van der Waals surface area (Å²) in [4.78, 5) is 12.2. The summed E-state index contributed by atoms with van der Waals surface area (Å²) < 4.78 is 0. The Kier molecular flexibility index (Phi) is 4.16. The third kappa shape index (κ3) is 2.83. The fourth-order valence-electron chi connectivity index (χ4n) is 1.43. The topological polar surface area (TPSA) is 20.3 Å². The van der Waals surface area contributed by atoms with Gasteiger partial charge in [0.15, 0.2) is 4.84 Å². The summed E-state index contributed by atoms with van der Waals surface area (Å²) in [5.41, 5.74) is 0. The first-order valence-electron chi connectivity index (χ1n) is 4.29. The Bertz CT molecular complexity index is 153. The fourth-order valence-corrected chi connectivity index (χ4v) is 1.71. The molecule has 1 saturated heterocycles. The van der Waals surface area contributed by atoms with Gasteiger partial charge in [-0.25, -0.2) is 0 Å². The number of carbonyl (C=O) groups excluding carboxylic acids is 1. The van der Waals surface area contributed by atoms with E-state index in [9.17, 15) is 4.79 Å². The molecule has 1 fully saturated rings. The van der Waals surface area contributed by atoms with Crippen LogP contribution in [-0.4, -0.2) is 28.7 Å².